The maximum Gasteiger partial charge on any atom is 0.433 e. The summed E-state index contributed by atoms with van der Waals surface area (Å²) < 4.78 is 48.9. The van der Waals surface area contributed by atoms with Crippen LogP contribution in [0.2, 0.25) is 0 Å². The standard InChI is InChI=1S/C31H36F3N9O/c1-21-15-41(16-21)17-22-12-27(31(32,33)34)40-28(13-22)44-25-6-10-42(11-7-25)24(4-2-3-8-35)19-43-18-23(14-39-43)29-26-5-9-36-30(26)38-20-37-29/h5,9,12-14,18,20-21,24-25H,2-4,6-7,10-11,15-17,19H2,1H3,(H,36,37,38)/t24-/m0/s1. The minimum absolute atomic E-state index is 0.0396. The van der Waals surface area contributed by atoms with Gasteiger partial charge in [-0.2, -0.15) is 23.5 Å². The number of piperidine rings is 1. The van der Waals surface area contributed by atoms with Crippen molar-refractivity contribution in [3.8, 4) is 23.2 Å². The Kier molecular flexibility index (Phi) is 8.81. The van der Waals surface area contributed by atoms with Gasteiger partial charge in [0, 0.05) is 74.6 Å². The second kappa shape index (κ2) is 12.9. The van der Waals surface area contributed by atoms with Gasteiger partial charge < -0.3 is 9.72 Å². The molecular formula is C31H36F3N9O. The van der Waals surface area contributed by atoms with Crippen molar-refractivity contribution in [1.29, 1.82) is 5.26 Å². The minimum Gasteiger partial charge on any atom is -0.474 e. The van der Waals surface area contributed by atoms with E-state index < -0.39 is 11.9 Å². The third-order valence-electron chi connectivity index (χ3n) is 8.46. The number of pyridine rings is 1. The zero-order chi connectivity index (χ0) is 30.7. The van der Waals surface area contributed by atoms with E-state index in [4.69, 9.17) is 10.00 Å². The summed E-state index contributed by atoms with van der Waals surface area (Å²) >= 11 is 0. The Balaban J connectivity index is 1.10. The normalized spacial score (nSPS) is 17.9. The van der Waals surface area contributed by atoms with Crippen LogP contribution in [-0.2, 0) is 19.3 Å². The van der Waals surface area contributed by atoms with Crippen LogP contribution < -0.4 is 4.74 Å². The van der Waals surface area contributed by atoms with Gasteiger partial charge in [0.2, 0.25) is 5.88 Å². The van der Waals surface area contributed by atoms with E-state index in [1.165, 1.54) is 6.33 Å². The predicted molar refractivity (Wildman–Crippen MR) is 157 cm³/mol. The summed E-state index contributed by atoms with van der Waals surface area (Å²) in [5.41, 5.74) is 2.14. The number of unbranched alkanes of at least 4 members (excludes halogenated alkanes) is 1. The van der Waals surface area contributed by atoms with Crippen molar-refractivity contribution in [2.24, 2.45) is 5.92 Å². The molecule has 6 heterocycles. The quantitative estimate of drug-likeness (QED) is 0.229. The number of ether oxygens (including phenoxy) is 1. The monoisotopic (exact) mass is 607 g/mol. The number of halogens is 3. The first kappa shape index (κ1) is 30.0. The van der Waals surface area contributed by atoms with Crippen molar-refractivity contribution in [1.82, 2.24) is 39.5 Å². The van der Waals surface area contributed by atoms with Gasteiger partial charge in [-0.05, 0) is 49.3 Å². The Morgan fingerprint density at radius 3 is 2.75 bits per heavy atom. The third-order valence-corrected chi connectivity index (χ3v) is 8.46. The van der Waals surface area contributed by atoms with Gasteiger partial charge in [0.1, 0.15) is 23.8 Å². The van der Waals surface area contributed by atoms with Crippen LogP contribution in [0.3, 0.4) is 0 Å². The van der Waals surface area contributed by atoms with Gasteiger partial charge in [-0.1, -0.05) is 6.92 Å². The summed E-state index contributed by atoms with van der Waals surface area (Å²) in [6.07, 6.45) is 5.82. The number of nitrogens with zero attached hydrogens (tertiary/aromatic N) is 8. The average molecular weight is 608 g/mol. The fourth-order valence-electron chi connectivity index (χ4n) is 6.31. The van der Waals surface area contributed by atoms with E-state index in [1.54, 1.807) is 12.3 Å². The fraction of sp³-hybridized carbons (Fsp3) is 0.516. The number of aromatic amines is 1. The number of alkyl halides is 3. The highest BCUT2D eigenvalue weighted by molar-refractivity contribution is 5.89. The Labute approximate surface area is 253 Å². The lowest BCUT2D eigenvalue weighted by atomic mass is 10.0. The first-order valence-electron chi connectivity index (χ1n) is 15.1. The third kappa shape index (κ3) is 7.03. The summed E-state index contributed by atoms with van der Waals surface area (Å²) in [6.45, 7) is 6.44. The summed E-state index contributed by atoms with van der Waals surface area (Å²) in [4.78, 5) is 20.2. The lowest BCUT2D eigenvalue weighted by Gasteiger charge is -2.38. The van der Waals surface area contributed by atoms with E-state index in [-0.39, 0.29) is 18.0 Å². The summed E-state index contributed by atoms with van der Waals surface area (Å²) in [5, 5.41) is 14.7. The summed E-state index contributed by atoms with van der Waals surface area (Å²) in [7, 11) is 0. The molecule has 10 nitrogen and oxygen atoms in total. The number of likely N-dealkylation sites (tertiary alicyclic amines) is 2. The molecule has 232 valence electrons. The Hall–Kier alpha value is -4.02. The Morgan fingerprint density at radius 1 is 1.18 bits per heavy atom. The van der Waals surface area contributed by atoms with Crippen LogP contribution in [0.1, 0.15) is 50.3 Å². The molecule has 0 radical (unpaired) electrons. The van der Waals surface area contributed by atoms with E-state index in [2.05, 4.69) is 47.8 Å². The molecule has 0 aliphatic carbocycles. The zero-order valence-electron chi connectivity index (χ0n) is 24.7. The van der Waals surface area contributed by atoms with Crippen LogP contribution in [0.5, 0.6) is 5.88 Å². The second-order valence-electron chi connectivity index (χ2n) is 12.0. The van der Waals surface area contributed by atoms with Crippen LogP contribution >= 0.6 is 0 Å². The highest BCUT2D eigenvalue weighted by Crippen LogP contribution is 2.32. The maximum atomic E-state index is 13.6. The predicted octanol–water partition coefficient (Wildman–Crippen LogP) is 5.29. The molecule has 0 saturated carbocycles. The highest BCUT2D eigenvalue weighted by Gasteiger charge is 2.35. The van der Waals surface area contributed by atoms with Gasteiger partial charge in [-0.3, -0.25) is 14.5 Å². The van der Waals surface area contributed by atoms with Gasteiger partial charge in [0.25, 0.3) is 0 Å². The van der Waals surface area contributed by atoms with E-state index in [0.29, 0.717) is 43.8 Å². The number of nitrogens with one attached hydrogen (secondary N) is 1. The molecule has 2 aliphatic rings. The number of rotatable bonds is 11. The maximum absolute atomic E-state index is 13.6. The highest BCUT2D eigenvalue weighted by atomic mass is 19.4. The summed E-state index contributed by atoms with van der Waals surface area (Å²) in [5.74, 6) is 0.602. The van der Waals surface area contributed by atoms with Crippen LogP contribution in [0, 0.1) is 17.2 Å². The van der Waals surface area contributed by atoms with Crippen LogP contribution in [-0.4, -0.2) is 77.8 Å². The molecular weight excluding hydrogens is 571 g/mol. The van der Waals surface area contributed by atoms with Crippen LogP contribution in [0.25, 0.3) is 22.3 Å². The Morgan fingerprint density at radius 2 is 2.00 bits per heavy atom. The van der Waals surface area contributed by atoms with Crippen molar-refractivity contribution < 1.29 is 17.9 Å². The van der Waals surface area contributed by atoms with Crippen molar-refractivity contribution in [3.63, 3.8) is 0 Å². The van der Waals surface area contributed by atoms with Gasteiger partial charge in [-0.15, -0.1) is 0 Å². The van der Waals surface area contributed by atoms with Crippen molar-refractivity contribution in [2.75, 3.05) is 26.2 Å². The van der Waals surface area contributed by atoms with E-state index in [1.807, 2.05) is 23.1 Å². The topological polar surface area (TPSA) is 112 Å². The largest absolute Gasteiger partial charge is 0.474 e. The molecule has 0 bridgehead atoms. The SMILES string of the molecule is CC1CN(Cc2cc(OC3CCN([C@@H](CCCC#N)Cn4cc(-c5ncnc6[nH]ccc56)cn4)CC3)nc(C(F)(F)F)c2)C1. The van der Waals surface area contributed by atoms with E-state index >= 15 is 0 Å². The molecule has 0 unspecified atom stereocenters. The lowest BCUT2D eigenvalue weighted by Crippen LogP contribution is -2.46. The van der Waals surface area contributed by atoms with E-state index in [0.717, 1.165) is 67.4 Å². The molecule has 0 aromatic carbocycles. The minimum atomic E-state index is -4.54. The van der Waals surface area contributed by atoms with Crippen molar-refractivity contribution >= 4 is 11.0 Å². The fourth-order valence-corrected chi connectivity index (χ4v) is 6.31. The number of aromatic nitrogens is 6. The van der Waals surface area contributed by atoms with Crippen LogP contribution in [0.15, 0.2) is 43.1 Å². The van der Waals surface area contributed by atoms with Gasteiger partial charge >= 0.3 is 6.18 Å². The van der Waals surface area contributed by atoms with Crippen molar-refractivity contribution in [2.45, 2.75) is 70.4 Å². The molecule has 4 aromatic rings. The average Bonchev–Trinajstić information content (AvgIpc) is 3.66. The number of hydrogen-bond donors (Lipinski definition) is 1. The number of hydrogen-bond acceptors (Lipinski definition) is 8. The van der Waals surface area contributed by atoms with Crippen LogP contribution in [0.4, 0.5) is 13.2 Å². The molecule has 2 saturated heterocycles. The molecule has 0 amide bonds. The van der Waals surface area contributed by atoms with Crippen molar-refractivity contribution in [3.05, 3.63) is 54.4 Å². The first-order valence-corrected chi connectivity index (χ1v) is 15.1. The smallest absolute Gasteiger partial charge is 0.433 e. The van der Waals surface area contributed by atoms with Gasteiger partial charge in [0.05, 0.1) is 24.5 Å². The Bertz CT molecular complexity index is 1600. The zero-order valence-corrected chi connectivity index (χ0v) is 24.7. The van der Waals surface area contributed by atoms with Gasteiger partial charge in [-0.25, -0.2) is 15.0 Å². The molecule has 1 atom stereocenters. The molecule has 1 N–H and O–H groups in total. The lowest BCUT2D eigenvalue weighted by molar-refractivity contribution is -0.141. The molecule has 13 heteroatoms. The van der Waals surface area contributed by atoms with E-state index in [9.17, 15) is 13.2 Å². The second-order valence-corrected chi connectivity index (χ2v) is 12.0. The number of fused-ring (bicyclic) bond motifs is 1. The molecule has 2 fully saturated rings. The van der Waals surface area contributed by atoms with Gasteiger partial charge in [0.15, 0.2) is 0 Å². The molecule has 6 rings (SSSR count). The molecule has 4 aromatic heterocycles. The summed E-state index contributed by atoms with van der Waals surface area (Å²) in [6, 6.07) is 7.12. The number of nitriles is 1. The molecule has 0 spiro atoms. The first-order chi connectivity index (χ1) is 21.2. The molecule has 2 aliphatic heterocycles. The molecule has 44 heavy (non-hydrogen) atoms. The number of H-pyrrole nitrogens is 1.